The van der Waals surface area contributed by atoms with Crippen LogP contribution in [0, 0.1) is 0 Å². The van der Waals surface area contributed by atoms with Crippen LogP contribution in [-0.4, -0.2) is 34.9 Å². The van der Waals surface area contributed by atoms with Crippen LogP contribution < -0.4 is 5.46 Å². The molecule has 0 N–H and O–H groups in total. The fourth-order valence-electron chi connectivity index (χ4n) is 2.46. The molecule has 1 aliphatic heterocycles. The van der Waals surface area contributed by atoms with E-state index in [1.54, 1.807) is 13.1 Å². The van der Waals surface area contributed by atoms with E-state index in [2.05, 4.69) is 4.98 Å². The van der Waals surface area contributed by atoms with E-state index in [9.17, 15) is 4.79 Å². The zero-order chi connectivity index (χ0) is 18.3. The first-order chi connectivity index (χ1) is 10.8. The Balaban J connectivity index is 2.31. The predicted octanol–water partition coefficient (Wildman–Crippen LogP) is 2.83. The molecule has 132 valence electrons. The van der Waals surface area contributed by atoms with Crippen LogP contribution in [0.5, 0.6) is 0 Å². The number of ether oxygens (including phenoxy) is 1. The van der Waals surface area contributed by atoms with Crippen molar-refractivity contribution in [1.82, 2.24) is 4.98 Å². The Morgan fingerprint density at radius 1 is 1.21 bits per heavy atom. The number of carbonyl (C=O) groups is 1. The van der Waals surface area contributed by atoms with Crippen molar-refractivity contribution in [1.29, 1.82) is 0 Å². The Bertz CT molecular complexity index is 606. The Morgan fingerprint density at radius 3 is 2.25 bits per heavy atom. The smallest absolute Gasteiger partial charge is 0.459 e. The lowest BCUT2D eigenvalue weighted by Crippen LogP contribution is -2.41. The summed E-state index contributed by atoms with van der Waals surface area (Å²) in [6.07, 6.45) is 1.67. The first-order valence-electron chi connectivity index (χ1n) is 8.37. The Morgan fingerprint density at radius 2 is 1.75 bits per heavy atom. The molecule has 1 saturated heterocycles. The number of pyridine rings is 1. The summed E-state index contributed by atoms with van der Waals surface area (Å²) in [7, 11) is -0.552. The molecule has 1 aliphatic rings. The SMILES string of the molecule is CC(C(=O)OC(C)(C)C)c1ncccc1B1OC(C)(C)C(C)(C)O1. The molecule has 1 aromatic rings. The predicted molar refractivity (Wildman–Crippen MR) is 94.2 cm³/mol. The molecule has 2 heterocycles. The second kappa shape index (κ2) is 6.15. The van der Waals surface area contributed by atoms with Crippen LogP contribution in [0.2, 0.25) is 0 Å². The molecule has 5 nitrogen and oxygen atoms in total. The van der Waals surface area contributed by atoms with Crippen LogP contribution in [0.25, 0.3) is 0 Å². The summed E-state index contributed by atoms with van der Waals surface area (Å²) in [4.78, 5) is 16.8. The molecule has 1 atom stereocenters. The van der Waals surface area contributed by atoms with Gasteiger partial charge in [0.1, 0.15) is 5.60 Å². The maximum Gasteiger partial charge on any atom is 0.496 e. The summed E-state index contributed by atoms with van der Waals surface area (Å²) >= 11 is 0. The minimum Gasteiger partial charge on any atom is -0.459 e. The highest BCUT2D eigenvalue weighted by molar-refractivity contribution is 6.62. The molecule has 0 bridgehead atoms. The number of aromatic nitrogens is 1. The van der Waals surface area contributed by atoms with Crippen molar-refractivity contribution in [2.75, 3.05) is 0 Å². The van der Waals surface area contributed by atoms with Crippen LogP contribution in [0.4, 0.5) is 0 Å². The van der Waals surface area contributed by atoms with E-state index >= 15 is 0 Å². The molecule has 0 saturated carbocycles. The van der Waals surface area contributed by atoms with Gasteiger partial charge in [0, 0.05) is 11.7 Å². The highest BCUT2D eigenvalue weighted by Gasteiger charge is 2.52. The van der Waals surface area contributed by atoms with Crippen molar-refractivity contribution in [3.63, 3.8) is 0 Å². The molecular weight excluding hydrogens is 305 g/mol. The molecule has 6 heteroatoms. The molecule has 0 radical (unpaired) electrons. The van der Waals surface area contributed by atoms with Gasteiger partial charge in [-0.25, -0.2) is 0 Å². The summed E-state index contributed by atoms with van der Waals surface area (Å²) in [6.45, 7) is 15.4. The van der Waals surface area contributed by atoms with Gasteiger partial charge in [0.15, 0.2) is 0 Å². The van der Waals surface area contributed by atoms with Crippen molar-refractivity contribution >= 4 is 18.6 Å². The quantitative estimate of drug-likeness (QED) is 0.629. The molecule has 1 fully saturated rings. The monoisotopic (exact) mass is 333 g/mol. The van der Waals surface area contributed by atoms with Crippen molar-refractivity contribution in [3.8, 4) is 0 Å². The van der Waals surface area contributed by atoms with Gasteiger partial charge in [0.05, 0.1) is 22.8 Å². The third kappa shape index (κ3) is 3.81. The first-order valence-corrected chi connectivity index (χ1v) is 8.37. The highest BCUT2D eigenvalue weighted by Crippen LogP contribution is 2.37. The van der Waals surface area contributed by atoms with Crippen molar-refractivity contribution in [2.45, 2.75) is 78.1 Å². The first kappa shape index (κ1) is 18.9. The van der Waals surface area contributed by atoms with E-state index in [1.165, 1.54) is 0 Å². The molecule has 0 spiro atoms. The van der Waals surface area contributed by atoms with Crippen LogP contribution in [0.15, 0.2) is 18.3 Å². The molecular formula is C18H28BNO4. The molecule has 0 aromatic carbocycles. The van der Waals surface area contributed by atoms with E-state index in [0.29, 0.717) is 5.69 Å². The summed E-state index contributed by atoms with van der Waals surface area (Å²) in [5.74, 6) is -0.807. The molecule has 0 aliphatic carbocycles. The van der Waals surface area contributed by atoms with Crippen molar-refractivity contribution in [2.24, 2.45) is 0 Å². The second-order valence-electron chi connectivity index (χ2n) is 8.32. The van der Waals surface area contributed by atoms with Crippen LogP contribution >= 0.6 is 0 Å². The number of rotatable bonds is 3. The third-order valence-corrected chi connectivity index (χ3v) is 4.55. The van der Waals surface area contributed by atoms with Crippen molar-refractivity contribution in [3.05, 3.63) is 24.0 Å². The number of carbonyl (C=O) groups excluding carboxylic acids is 1. The number of esters is 1. The summed E-state index contributed by atoms with van der Waals surface area (Å²) < 4.78 is 17.7. The third-order valence-electron chi connectivity index (χ3n) is 4.55. The van der Waals surface area contributed by atoms with Gasteiger partial charge >= 0.3 is 13.1 Å². The summed E-state index contributed by atoms with van der Waals surface area (Å²) in [6, 6.07) is 3.72. The average Bonchev–Trinajstić information content (AvgIpc) is 2.64. The molecule has 2 rings (SSSR count). The van der Waals surface area contributed by atoms with Gasteiger partial charge in [-0.15, -0.1) is 0 Å². The lowest BCUT2D eigenvalue weighted by molar-refractivity contribution is -0.156. The lowest BCUT2D eigenvalue weighted by atomic mass is 9.75. The van der Waals surface area contributed by atoms with Gasteiger partial charge < -0.3 is 14.0 Å². The fraction of sp³-hybridized carbons (Fsp3) is 0.667. The molecule has 1 aromatic heterocycles. The maximum atomic E-state index is 12.4. The molecule has 0 amide bonds. The summed E-state index contributed by atoms with van der Waals surface area (Å²) in [5.41, 5.74) is -0.0235. The normalized spacial score (nSPS) is 20.8. The zero-order valence-corrected chi connectivity index (χ0v) is 16.0. The topological polar surface area (TPSA) is 57.7 Å². The van der Waals surface area contributed by atoms with Gasteiger partial charge in [-0.05, 0) is 61.5 Å². The standard InChI is InChI=1S/C18H28BNO4/c1-12(15(21)22-16(2,3)4)14-13(10-9-11-20-14)19-23-17(5,6)18(7,8)24-19/h9-12H,1-8H3. The minimum atomic E-state index is -0.552. The summed E-state index contributed by atoms with van der Waals surface area (Å²) in [5, 5.41) is 0. The van der Waals surface area contributed by atoms with Gasteiger partial charge in [-0.1, -0.05) is 6.07 Å². The second-order valence-corrected chi connectivity index (χ2v) is 8.32. The van der Waals surface area contributed by atoms with E-state index in [-0.39, 0.29) is 5.97 Å². The van der Waals surface area contributed by atoms with Gasteiger partial charge in [-0.3, -0.25) is 9.78 Å². The van der Waals surface area contributed by atoms with E-state index in [0.717, 1.165) is 5.46 Å². The maximum absolute atomic E-state index is 12.4. The molecule has 24 heavy (non-hydrogen) atoms. The number of hydrogen-bond acceptors (Lipinski definition) is 5. The van der Waals surface area contributed by atoms with E-state index in [4.69, 9.17) is 14.0 Å². The Kier molecular flexibility index (Phi) is 4.86. The largest absolute Gasteiger partial charge is 0.496 e. The Labute approximate surface area is 145 Å². The van der Waals surface area contributed by atoms with Crippen LogP contribution in [-0.2, 0) is 18.8 Å². The lowest BCUT2D eigenvalue weighted by Gasteiger charge is -2.32. The van der Waals surface area contributed by atoms with Gasteiger partial charge in [-0.2, -0.15) is 0 Å². The van der Waals surface area contributed by atoms with Crippen LogP contribution in [0.1, 0.15) is 67.0 Å². The highest BCUT2D eigenvalue weighted by atomic mass is 16.7. The Hall–Kier alpha value is -1.40. The van der Waals surface area contributed by atoms with E-state index in [1.807, 2.05) is 60.6 Å². The number of hydrogen-bond donors (Lipinski definition) is 0. The van der Waals surface area contributed by atoms with Crippen LogP contribution in [0.3, 0.4) is 0 Å². The average molecular weight is 333 g/mol. The van der Waals surface area contributed by atoms with Crippen molar-refractivity contribution < 1.29 is 18.8 Å². The zero-order valence-electron chi connectivity index (χ0n) is 16.0. The minimum absolute atomic E-state index is 0.307. The van der Waals surface area contributed by atoms with E-state index < -0.39 is 29.8 Å². The molecule has 1 unspecified atom stereocenters. The fourth-order valence-corrected chi connectivity index (χ4v) is 2.46. The number of nitrogens with zero attached hydrogens (tertiary/aromatic N) is 1. The van der Waals surface area contributed by atoms with Gasteiger partial charge in [0.2, 0.25) is 0 Å². The van der Waals surface area contributed by atoms with Gasteiger partial charge in [0.25, 0.3) is 0 Å².